The molecule has 10 heteroatoms. The fraction of sp³-hybridized carbons (Fsp3) is 0.100. The van der Waals surface area contributed by atoms with E-state index in [1.165, 1.54) is 30.5 Å². The molecule has 0 saturated carbocycles. The van der Waals surface area contributed by atoms with Crippen molar-refractivity contribution >= 4 is 27.6 Å². The SMILES string of the molecule is O=C(c1cc2c(C(F)(F)F)nc(-c3ccccc3)nc2c2ncccc12)C(F)(F)F. The van der Waals surface area contributed by atoms with E-state index in [-0.39, 0.29) is 27.8 Å². The Labute approximate surface area is 164 Å². The van der Waals surface area contributed by atoms with Crippen molar-refractivity contribution < 1.29 is 31.1 Å². The van der Waals surface area contributed by atoms with Crippen molar-refractivity contribution in [1.29, 1.82) is 0 Å². The molecule has 0 aliphatic rings. The average Bonchev–Trinajstić information content (AvgIpc) is 2.71. The second kappa shape index (κ2) is 6.75. The van der Waals surface area contributed by atoms with Gasteiger partial charge in [0.05, 0.1) is 5.52 Å². The summed E-state index contributed by atoms with van der Waals surface area (Å²) in [7, 11) is 0. The number of ketones is 1. The Bertz CT molecular complexity index is 1280. The van der Waals surface area contributed by atoms with Gasteiger partial charge in [-0.1, -0.05) is 36.4 Å². The zero-order valence-corrected chi connectivity index (χ0v) is 14.7. The van der Waals surface area contributed by atoms with Gasteiger partial charge in [0.15, 0.2) is 11.5 Å². The van der Waals surface area contributed by atoms with Gasteiger partial charge in [-0.3, -0.25) is 9.78 Å². The van der Waals surface area contributed by atoms with Crippen LogP contribution in [-0.4, -0.2) is 26.9 Å². The third kappa shape index (κ3) is 3.34. The number of aromatic nitrogens is 3. The smallest absolute Gasteiger partial charge is 0.284 e. The normalized spacial score (nSPS) is 12.5. The maximum atomic E-state index is 13.8. The van der Waals surface area contributed by atoms with Crippen molar-refractivity contribution in [2.75, 3.05) is 0 Å². The van der Waals surface area contributed by atoms with Crippen molar-refractivity contribution in [3.63, 3.8) is 0 Å². The highest BCUT2D eigenvalue weighted by Gasteiger charge is 2.42. The van der Waals surface area contributed by atoms with Crippen LogP contribution >= 0.6 is 0 Å². The average molecular weight is 421 g/mol. The minimum absolute atomic E-state index is 0.252. The van der Waals surface area contributed by atoms with Crippen LogP contribution in [0.4, 0.5) is 26.3 Å². The van der Waals surface area contributed by atoms with Crippen LogP contribution in [0.3, 0.4) is 0 Å². The number of hydrogen-bond donors (Lipinski definition) is 0. The molecule has 152 valence electrons. The predicted molar refractivity (Wildman–Crippen MR) is 95.7 cm³/mol. The van der Waals surface area contributed by atoms with Crippen molar-refractivity contribution in [1.82, 2.24) is 15.0 Å². The molecule has 0 N–H and O–H groups in total. The molecule has 0 spiro atoms. The first-order valence-electron chi connectivity index (χ1n) is 8.41. The number of carbonyl (C=O) groups is 1. The molecule has 2 aromatic carbocycles. The van der Waals surface area contributed by atoms with Gasteiger partial charge < -0.3 is 0 Å². The molecule has 30 heavy (non-hydrogen) atoms. The molecule has 0 aliphatic carbocycles. The van der Waals surface area contributed by atoms with Gasteiger partial charge in [0.2, 0.25) is 0 Å². The number of Topliss-reactive ketones (excluding diaryl/α,β-unsaturated/α-hetero) is 1. The summed E-state index contributed by atoms with van der Waals surface area (Å²) >= 11 is 0. The molecule has 0 atom stereocenters. The molecule has 0 fully saturated rings. The van der Waals surface area contributed by atoms with Crippen LogP contribution < -0.4 is 0 Å². The second-order valence-electron chi connectivity index (χ2n) is 6.31. The summed E-state index contributed by atoms with van der Waals surface area (Å²) < 4.78 is 80.5. The van der Waals surface area contributed by atoms with Gasteiger partial charge in [0, 0.05) is 28.1 Å². The first-order chi connectivity index (χ1) is 14.1. The Kier molecular flexibility index (Phi) is 4.44. The second-order valence-corrected chi connectivity index (χ2v) is 6.31. The van der Waals surface area contributed by atoms with Crippen molar-refractivity contribution in [3.8, 4) is 11.4 Å². The van der Waals surface area contributed by atoms with Gasteiger partial charge in [-0.15, -0.1) is 0 Å². The van der Waals surface area contributed by atoms with Crippen LogP contribution in [0.5, 0.6) is 0 Å². The number of benzene rings is 2. The Morgan fingerprint density at radius 3 is 2.13 bits per heavy atom. The Morgan fingerprint density at radius 1 is 0.800 bits per heavy atom. The van der Waals surface area contributed by atoms with Crippen LogP contribution in [0, 0.1) is 0 Å². The highest BCUT2D eigenvalue weighted by atomic mass is 19.4. The summed E-state index contributed by atoms with van der Waals surface area (Å²) in [6, 6.07) is 10.8. The monoisotopic (exact) mass is 421 g/mol. The Hall–Kier alpha value is -3.56. The van der Waals surface area contributed by atoms with Crippen LogP contribution in [0.1, 0.15) is 16.1 Å². The number of pyridine rings is 1. The third-order valence-electron chi connectivity index (χ3n) is 4.36. The lowest BCUT2D eigenvalue weighted by atomic mass is 9.99. The standard InChI is InChI=1S/C20H9F6N3O/c21-19(22,23)16-13-9-12(17(30)20(24,25)26)11-7-4-8-27-14(11)15(13)28-18(29-16)10-5-2-1-3-6-10/h1-9H. The summed E-state index contributed by atoms with van der Waals surface area (Å²) in [5.41, 5.74) is -2.67. The number of rotatable bonds is 2. The van der Waals surface area contributed by atoms with Gasteiger partial charge in [-0.05, 0) is 12.1 Å². The predicted octanol–water partition coefficient (Wildman–Crippen LogP) is 5.61. The highest BCUT2D eigenvalue weighted by molar-refractivity contribution is 6.17. The first-order valence-corrected chi connectivity index (χ1v) is 8.41. The molecular weight excluding hydrogens is 412 g/mol. The molecule has 0 amide bonds. The van der Waals surface area contributed by atoms with Gasteiger partial charge in [-0.25, -0.2) is 9.97 Å². The lowest BCUT2D eigenvalue weighted by Crippen LogP contribution is -2.23. The highest BCUT2D eigenvalue weighted by Crippen LogP contribution is 2.38. The van der Waals surface area contributed by atoms with E-state index in [1.807, 2.05) is 0 Å². The number of halogens is 6. The zero-order chi connectivity index (χ0) is 21.7. The zero-order valence-electron chi connectivity index (χ0n) is 14.7. The fourth-order valence-corrected chi connectivity index (χ4v) is 3.09. The van der Waals surface area contributed by atoms with Gasteiger partial charge >= 0.3 is 12.4 Å². The number of carbonyl (C=O) groups excluding carboxylic acids is 1. The van der Waals surface area contributed by atoms with E-state index >= 15 is 0 Å². The molecule has 0 saturated heterocycles. The first kappa shape index (κ1) is 19.7. The summed E-state index contributed by atoms with van der Waals surface area (Å²) in [5, 5.41) is -0.987. The van der Waals surface area contributed by atoms with Crippen molar-refractivity contribution in [3.05, 3.63) is 66.0 Å². The molecule has 4 rings (SSSR count). The van der Waals surface area contributed by atoms with E-state index in [4.69, 9.17) is 0 Å². The number of fused-ring (bicyclic) bond motifs is 3. The minimum atomic E-state index is -5.28. The summed E-state index contributed by atoms with van der Waals surface area (Å²) in [6.07, 6.45) is -9.09. The van der Waals surface area contributed by atoms with Crippen LogP contribution in [0.15, 0.2) is 54.7 Å². The maximum absolute atomic E-state index is 13.8. The van der Waals surface area contributed by atoms with E-state index in [0.717, 1.165) is 0 Å². The van der Waals surface area contributed by atoms with Gasteiger partial charge in [0.25, 0.3) is 5.78 Å². The number of alkyl halides is 6. The molecule has 0 radical (unpaired) electrons. The van der Waals surface area contributed by atoms with E-state index in [0.29, 0.717) is 6.07 Å². The van der Waals surface area contributed by atoms with Gasteiger partial charge in [-0.2, -0.15) is 26.3 Å². The quantitative estimate of drug-likeness (QED) is 0.240. The molecule has 0 bridgehead atoms. The third-order valence-corrected chi connectivity index (χ3v) is 4.36. The van der Waals surface area contributed by atoms with E-state index in [1.54, 1.807) is 18.2 Å². The summed E-state index contributed by atoms with van der Waals surface area (Å²) in [4.78, 5) is 23.5. The topological polar surface area (TPSA) is 55.7 Å². The van der Waals surface area contributed by atoms with E-state index in [2.05, 4.69) is 15.0 Å². The largest absolute Gasteiger partial charge is 0.454 e. The minimum Gasteiger partial charge on any atom is -0.284 e. The number of nitrogens with zero attached hydrogens (tertiary/aromatic N) is 3. The molecule has 4 nitrogen and oxygen atoms in total. The molecule has 2 heterocycles. The number of hydrogen-bond acceptors (Lipinski definition) is 4. The fourth-order valence-electron chi connectivity index (χ4n) is 3.09. The van der Waals surface area contributed by atoms with Crippen molar-refractivity contribution in [2.45, 2.75) is 12.4 Å². The lowest BCUT2D eigenvalue weighted by Gasteiger charge is -2.15. The molecule has 2 aromatic heterocycles. The molecule has 0 aliphatic heterocycles. The summed E-state index contributed by atoms with van der Waals surface area (Å²) in [5.74, 6) is -2.54. The van der Waals surface area contributed by atoms with Crippen molar-refractivity contribution in [2.24, 2.45) is 0 Å². The van der Waals surface area contributed by atoms with Crippen LogP contribution in [0.25, 0.3) is 33.2 Å². The van der Waals surface area contributed by atoms with E-state index < -0.39 is 34.8 Å². The lowest BCUT2D eigenvalue weighted by molar-refractivity contribution is -0.139. The van der Waals surface area contributed by atoms with Crippen LogP contribution in [0.2, 0.25) is 0 Å². The van der Waals surface area contributed by atoms with Crippen LogP contribution in [-0.2, 0) is 6.18 Å². The molecular formula is C20H9F6N3O. The maximum Gasteiger partial charge on any atom is 0.454 e. The van der Waals surface area contributed by atoms with Gasteiger partial charge in [0.1, 0.15) is 5.52 Å². The molecule has 4 aromatic rings. The summed E-state index contributed by atoms with van der Waals surface area (Å²) in [6.45, 7) is 0. The molecule has 0 unspecified atom stereocenters. The van der Waals surface area contributed by atoms with E-state index in [9.17, 15) is 31.1 Å². The Balaban J connectivity index is 2.17. The Morgan fingerprint density at radius 2 is 1.50 bits per heavy atom.